The van der Waals surface area contributed by atoms with Gasteiger partial charge in [-0.25, -0.2) is 4.99 Å². The summed E-state index contributed by atoms with van der Waals surface area (Å²) in [6, 6.07) is 2.30. The molecule has 1 amide bonds. The minimum atomic E-state index is 0. The molecule has 1 fully saturated rings. The Morgan fingerprint density at radius 3 is 2.81 bits per heavy atom. The molecule has 1 unspecified atom stereocenters. The summed E-state index contributed by atoms with van der Waals surface area (Å²) in [6.45, 7) is 11.0. The van der Waals surface area contributed by atoms with Gasteiger partial charge in [-0.3, -0.25) is 4.79 Å². The first kappa shape index (κ1) is 23.7. The van der Waals surface area contributed by atoms with E-state index < -0.39 is 0 Å². The fourth-order valence-electron chi connectivity index (χ4n) is 3.07. The van der Waals surface area contributed by atoms with Crippen molar-refractivity contribution in [2.75, 3.05) is 19.6 Å². The molecule has 154 valence electrons. The molecule has 1 aromatic heterocycles. The Morgan fingerprint density at radius 1 is 1.41 bits per heavy atom. The van der Waals surface area contributed by atoms with Crippen molar-refractivity contribution in [3.8, 4) is 0 Å². The monoisotopic (exact) mass is 491 g/mol. The van der Waals surface area contributed by atoms with E-state index >= 15 is 0 Å². The lowest BCUT2D eigenvalue weighted by molar-refractivity contribution is -0.134. The number of nitrogens with zero attached hydrogens (tertiary/aromatic N) is 3. The van der Waals surface area contributed by atoms with Gasteiger partial charge in [0, 0.05) is 38.2 Å². The van der Waals surface area contributed by atoms with Crippen LogP contribution in [0.15, 0.2) is 15.6 Å². The van der Waals surface area contributed by atoms with Gasteiger partial charge in [0.25, 0.3) is 0 Å². The van der Waals surface area contributed by atoms with Crippen LogP contribution in [-0.2, 0) is 11.3 Å². The zero-order valence-electron chi connectivity index (χ0n) is 17.0. The summed E-state index contributed by atoms with van der Waals surface area (Å²) in [7, 11) is 0. The van der Waals surface area contributed by atoms with Crippen molar-refractivity contribution in [2.24, 2.45) is 4.99 Å². The van der Waals surface area contributed by atoms with Crippen molar-refractivity contribution in [3.05, 3.63) is 17.5 Å². The average molecular weight is 491 g/mol. The first-order valence-electron chi connectivity index (χ1n) is 9.78. The van der Waals surface area contributed by atoms with E-state index in [9.17, 15) is 4.79 Å². The number of nitrogens with one attached hydrogen (secondary N) is 2. The van der Waals surface area contributed by atoms with Crippen LogP contribution >= 0.6 is 24.0 Å². The lowest BCUT2D eigenvalue weighted by Crippen LogP contribution is -2.44. The number of piperidine rings is 1. The predicted octanol–water partition coefficient (Wildman–Crippen LogP) is 3.26. The summed E-state index contributed by atoms with van der Waals surface area (Å²) in [4.78, 5) is 18.9. The number of halogens is 1. The molecule has 1 atom stereocenters. The number of likely N-dealkylation sites (tertiary alicyclic amines) is 1. The van der Waals surface area contributed by atoms with Crippen LogP contribution in [0, 0.1) is 0 Å². The number of hydrogen-bond donors (Lipinski definition) is 2. The Morgan fingerprint density at radius 2 is 2.19 bits per heavy atom. The minimum absolute atomic E-state index is 0. The molecule has 7 nitrogen and oxygen atoms in total. The predicted molar refractivity (Wildman–Crippen MR) is 118 cm³/mol. The molecular weight excluding hydrogens is 457 g/mol. The highest BCUT2D eigenvalue weighted by molar-refractivity contribution is 14.0. The van der Waals surface area contributed by atoms with E-state index in [1.807, 2.05) is 17.9 Å². The van der Waals surface area contributed by atoms with Crippen molar-refractivity contribution in [2.45, 2.75) is 71.9 Å². The Kier molecular flexibility index (Phi) is 10.7. The van der Waals surface area contributed by atoms with Gasteiger partial charge in [-0.2, -0.15) is 0 Å². The van der Waals surface area contributed by atoms with Crippen LogP contribution in [0.1, 0.15) is 70.8 Å². The number of aliphatic imine (C=N–C) groups is 1. The number of carbonyl (C=O) groups is 1. The second kappa shape index (κ2) is 12.2. The van der Waals surface area contributed by atoms with Crippen LogP contribution in [0.25, 0.3) is 0 Å². The van der Waals surface area contributed by atoms with Crippen molar-refractivity contribution >= 4 is 35.8 Å². The highest BCUT2D eigenvalue weighted by Crippen LogP contribution is 2.17. The van der Waals surface area contributed by atoms with E-state index in [1.165, 1.54) is 6.42 Å². The molecule has 2 N–H and O–H groups in total. The summed E-state index contributed by atoms with van der Waals surface area (Å²) >= 11 is 0. The van der Waals surface area contributed by atoms with Gasteiger partial charge in [-0.05, 0) is 39.0 Å². The van der Waals surface area contributed by atoms with Crippen LogP contribution in [0.2, 0.25) is 0 Å². The van der Waals surface area contributed by atoms with E-state index in [-0.39, 0.29) is 29.9 Å². The fraction of sp³-hybridized carbons (Fsp3) is 0.737. The first-order valence-corrected chi connectivity index (χ1v) is 9.78. The average Bonchev–Trinajstić information content (AvgIpc) is 3.09. The highest BCUT2D eigenvalue weighted by Gasteiger charge is 2.22. The van der Waals surface area contributed by atoms with Gasteiger partial charge in [0.1, 0.15) is 6.54 Å². The van der Waals surface area contributed by atoms with Gasteiger partial charge in [-0.1, -0.05) is 19.0 Å². The fourth-order valence-corrected chi connectivity index (χ4v) is 3.07. The van der Waals surface area contributed by atoms with Crippen LogP contribution in [0.5, 0.6) is 0 Å². The molecule has 0 aromatic carbocycles. The van der Waals surface area contributed by atoms with Crippen molar-refractivity contribution in [3.63, 3.8) is 0 Å². The van der Waals surface area contributed by atoms with Gasteiger partial charge in [0.15, 0.2) is 11.7 Å². The van der Waals surface area contributed by atoms with Crippen molar-refractivity contribution in [1.82, 2.24) is 20.7 Å². The molecule has 0 bridgehead atoms. The molecule has 1 aliphatic rings. The second-order valence-corrected chi connectivity index (χ2v) is 7.18. The van der Waals surface area contributed by atoms with Gasteiger partial charge in [0.2, 0.25) is 5.91 Å². The molecule has 27 heavy (non-hydrogen) atoms. The van der Waals surface area contributed by atoms with Crippen molar-refractivity contribution < 1.29 is 9.32 Å². The summed E-state index contributed by atoms with van der Waals surface area (Å²) < 4.78 is 5.31. The zero-order chi connectivity index (χ0) is 18.9. The van der Waals surface area contributed by atoms with Crippen LogP contribution in [0.3, 0.4) is 0 Å². The maximum absolute atomic E-state index is 12.4. The first-order chi connectivity index (χ1) is 12.5. The van der Waals surface area contributed by atoms with E-state index in [0.717, 1.165) is 37.4 Å². The van der Waals surface area contributed by atoms with E-state index in [4.69, 9.17) is 4.52 Å². The number of aromatic nitrogens is 1. The standard InChI is InChI=1S/C19H33N5O2.HI/c1-5-20-19(22-13-16-12-17(14(2)3)23-26-16)21-10-9-18(25)24-11-7-6-8-15(24)4;/h12,14-15H,5-11,13H2,1-4H3,(H2,20,21,22);1H. The quantitative estimate of drug-likeness (QED) is 0.348. The molecule has 1 aliphatic heterocycles. The van der Waals surface area contributed by atoms with Gasteiger partial charge in [-0.15, -0.1) is 24.0 Å². The smallest absolute Gasteiger partial charge is 0.224 e. The Balaban J connectivity index is 0.00000364. The lowest BCUT2D eigenvalue weighted by atomic mass is 10.0. The number of hydrogen-bond acceptors (Lipinski definition) is 4. The molecule has 0 saturated carbocycles. The number of carbonyl (C=O) groups excluding carboxylic acids is 1. The molecule has 8 heteroatoms. The molecule has 0 aliphatic carbocycles. The van der Waals surface area contributed by atoms with Crippen LogP contribution in [0.4, 0.5) is 0 Å². The third-order valence-corrected chi connectivity index (χ3v) is 4.66. The van der Waals surface area contributed by atoms with E-state index in [1.54, 1.807) is 0 Å². The molecule has 2 heterocycles. The number of guanidine groups is 1. The Bertz CT molecular complexity index is 603. The van der Waals surface area contributed by atoms with E-state index in [2.05, 4.69) is 41.6 Å². The largest absolute Gasteiger partial charge is 0.359 e. The SMILES string of the molecule is CCNC(=NCc1cc(C(C)C)no1)NCCC(=O)N1CCCCC1C.I. The summed E-state index contributed by atoms with van der Waals surface area (Å²) in [5.74, 6) is 1.99. The Labute approximate surface area is 179 Å². The maximum atomic E-state index is 12.4. The van der Waals surface area contributed by atoms with Crippen LogP contribution in [-0.4, -0.2) is 47.6 Å². The molecule has 1 aromatic rings. The minimum Gasteiger partial charge on any atom is -0.359 e. The normalized spacial score (nSPS) is 17.6. The second-order valence-electron chi connectivity index (χ2n) is 7.18. The van der Waals surface area contributed by atoms with Crippen LogP contribution < -0.4 is 10.6 Å². The third-order valence-electron chi connectivity index (χ3n) is 4.66. The van der Waals surface area contributed by atoms with Gasteiger partial charge < -0.3 is 20.1 Å². The lowest BCUT2D eigenvalue weighted by Gasteiger charge is -2.33. The Hall–Kier alpha value is -1.32. The highest BCUT2D eigenvalue weighted by atomic mass is 127. The third kappa shape index (κ3) is 7.67. The zero-order valence-corrected chi connectivity index (χ0v) is 19.3. The molecule has 0 spiro atoms. The number of amides is 1. The molecule has 2 rings (SSSR count). The number of rotatable bonds is 7. The topological polar surface area (TPSA) is 82.8 Å². The van der Waals surface area contributed by atoms with Gasteiger partial charge in [0.05, 0.1) is 5.69 Å². The van der Waals surface area contributed by atoms with Gasteiger partial charge >= 0.3 is 0 Å². The molecular formula is C19H34IN5O2. The summed E-state index contributed by atoms with van der Waals surface area (Å²) in [6.07, 6.45) is 3.93. The maximum Gasteiger partial charge on any atom is 0.224 e. The summed E-state index contributed by atoms with van der Waals surface area (Å²) in [5.41, 5.74) is 0.939. The summed E-state index contributed by atoms with van der Waals surface area (Å²) in [5, 5.41) is 10.5. The van der Waals surface area contributed by atoms with E-state index in [0.29, 0.717) is 37.4 Å². The van der Waals surface area contributed by atoms with Crippen molar-refractivity contribution in [1.29, 1.82) is 0 Å². The molecule has 0 radical (unpaired) electrons. The molecule has 1 saturated heterocycles.